The second-order valence-electron chi connectivity index (χ2n) is 6.41. The first-order valence-electron chi connectivity index (χ1n) is 8.39. The van der Waals surface area contributed by atoms with Crippen molar-refractivity contribution in [3.63, 3.8) is 0 Å². The number of rotatable bonds is 5. The average molecular weight is 316 g/mol. The number of ether oxygens (including phenoxy) is 1. The van der Waals surface area contributed by atoms with Gasteiger partial charge in [-0.2, -0.15) is 0 Å². The van der Waals surface area contributed by atoms with E-state index in [-0.39, 0.29) is 29.9 Å². The average Bonchev–Trinajstić information content (AvgIpc) is 3.22. The lowest BCUT2D eigenvalue weighted by Gasteiger charge is -2.25. The second-order valence-corrected chi connectivity index (χ2v) is 6.41. The minimum absolute atomic E-state index is 0.000310. The summed E-state index contributed by atoms with van der Waals surface area (Å²) in [6.45, 7) is 3.84. The molecule has 124 valence electrons. The van der Waals surface area contributed by atoms with Crippen LogP contribution in [0, 0.1) is 5.92 Å². The Hall–Kier alpha value is -1.88. The van der Waals surface area contributed by atoms with Crippen LogP contribution in [0.3, 0.4) is 0 Å². The van der Waals surface area contributed by atoms with Crippen molar-refractivity contribution in [1.82, 2.24) is 10.2 Å². The Bertz CT molecular complexity index is 555. The number of nitrogens with one attached hydrogen (secondary N) is 1. The van der Waals surface area contributed by atoms with E-state index in [1.807, 2.05) is 42.2 Å². The minimum Gasteiger partial charge on any atom is -0.376 e. The van der Waals surface area contributed by atoms with Gasteiger partial charge in [0.1, 0.15) is 0 Å². The van der Waals surface area contributed by atoms with E-state index in [1.165, 1.54) is 0 Å². The first kappa shape index (κ1) is 16.0. The summed E-state index contributed by atoms with van der Waals surface area (Å²) in [5.41, 5.74) is 1.10. The fourth-order valence-corrected chi connectivity index (χ4v) is 3.36. The highest BCUT2D eigenvalue weighted by Gasteiger charge is 2.37. The number of carbonyl (C=O) groups is 2. The summed E-state index contributed by atoms with van der Waals surface area (Å²) in [6, 6.07) is 9.94. The molecule has 0 bridgehead atoms. The number of amides is 2. The quantitative estimate of drug-likeness (QED) is 0.902. The summed E-state index contributed by atoms with van der Waals surface area (Å²) in [7, 11) is 0. The summed E-state index contributed by atoms with van der Waals surface area (Å²) < 4.78 is 5.51. The van der Waals surface area contributed by atoms with Crippen LogP contribution in [-0.4, -0.2) is 42.5 Å². The maximum atomic E-state index is 12.3. The lowest BCUT2D eigenvalue weighted by Crippen LogP contribution is -2.37. The zero-order chi connectivity index (χ0) is 16.2. The van der Waals surface area contributed by atoms with Crippen molar-refractivity contribution in [2.75, 3.05) is 19.7 Å². The standard InChI is InChI=1S/C18H24N2O3/c1-13(14-6-3-2-4-7-14)20-12-15(10-17(20)21)18(22)19-11-16-8-5-9-23-16/h2-4,6-7,13,15-16H,5,8-12H2,1H3,(H,19,22)/t13-,15+,16+/m1/s1. The van der Waals surface area contributed by atoms with Gasteiger partial charge in [-0.25, -0.2) is 0 Å². The van der Waals surface area contributed by atoms with E-state index >= 15 is 0 Å². The summed E-state index contributed by atoms with van der Waals surface area (Å²) in [5.74, 6) is -0.231. The van der Waals surface area contributed by atoms with Gasteiger partial charge in [-0.15, -0.1) is 0 Å². The first-order chi connectivity index (χ1) is 11.1. The number of benzene rings is 1. The largest absolute Gasteiger partial charge is 0.376 e. The lowest BCUT2D eigenvalue weighted by atomic mass is 10.1. The summed E-state index contributed by atoms with van der Waals surface area (Å²) in [4.78, 5) is 26.4. The fraction of sp³-hybridized carbons (Fsp3) is 0.556. The predicted octanol–water partition coefficient (Wildman–Crippen LogP) is 1.89. The van der Waals surface area contributed by atoms with E-state index in [4.69, 9.17) is 4.74 Å². The Balaban J connectivity index is 1.55. The molecule has 5 heteroatoms. The molecule has 1 N–H and O–H groups in total. The van der Waals surface area contributed by atoms with Crippen molar-refractivity contribution >= 4 is 11.8 Å². The molecule has 0 aromatic heterocycles. The molecule has 0 unspecified atom stereocenters. The number of carbonyl (C=O) groups excluding carboxylic acids is 2. The molecule has 2 saturated heterocycles. The maximum absolute atomic E-state index is 12.3. The van der Waals surface area contributed by atoms with Gasteiger partial charge >= 0.3 is 0 Å². The van der Waals surface area contributed by atoms with E-state index in [9.17, 15) is 9.59 Å². The highest BCUT2D eigenvalue weighted by Crippen LogP contribution is 2.28. The Kier molecular flexibility index (Phi) is 4.96. The normalized spacial score (nSPS) is 25.6. The monoisotopic (exact) mass is 316 g/mol. The molecular formula is C18H24N2O3. The van der Waals surface area contributed by atoms with Crippen LogP contribution in [0.5, 0.6) is 0 Å². The van der Waals surface area contributed by atoms with Crippen LogP contribution < -0.4 is 5.32 Å². The SMILES string of the molecule is C[C@H](c1ccccc1)N1C[C@@H](C(=O)NC[C@@H]2CCCO2)CC1=O. The van der Waals surface area contributed by atoms with E-state index < -0.39 is 0 Å². The first-order valence-corrected chi connectivity index (χ1v) is 8.39. The molecule has 3 rings (SSSR count). The van der Waals surface area contributed by atoms with Crippen LogP contribution in [0.25, 0.3) is 0 Å². The van der Waals surface area contributed by atoms with Crippen molar-refractivity contribution in [2.45, 2.75) is 38.3 Å². The van der Waals surface area contributed by atoms with Crippen LogP contribution in [0.4, 0.5) is 0 Å². The number of likely N-dealkylation sites (tertiary alicyclic amines) is 1. The maximum Gasteiger partial charge on any atom is 0.225 e. The van der Waals surface area contributed by atoms with Crippen LogP contribution >= 0.6 is 0 Å². The molecule has 2 heterocycles. The summed E-state index contributed by atoms with van der Waals surface area (Å²) >= 11 is 0. The molecule has 0 aliphatic carbocycles. The van der Waals surface area contributed by atoms with E-state index in [2.05, 4.69) is 5.32 Å². The van der Waals surface area contributed by atoms with Gasteiger partial charge in [-0.3, -0.25) is 9.59 Å². The Morgan fingerprint density at radius 2 is 2.17 bits per heavy atom. The molecule has 0 radical (unpaired) electrons. The van der Waals surface area contributed by atoms with Gasteiger partial charge < -0.3 is 15.0 Å². The second kappa shape index (κ2) is 7.13. The highest BCUT2D eigenvalue weighted by molar-refractivity contribution is 5.89. The van der Waals surface area contributed by atoms with Gasteiger partial charge in [0.05, 0.1) is 18.1 Å². The Morgan fingerprint density at radius 3 is 2.87 bits per heavy atom. The molecule has 0 saturated carbocycles. The molecule has 2 aliphatic rings. The van der Waals surface area contributed by atoms with Crippen LogP contribution in [0.15, 0.2) is 30.3 Å². The van der Waals surface area contributed by atoms with Gasteiger partial charge in [0.15, 0.2) is 0 Å². The topological polar surface area (TPSA) is 58.6 Å². The smallest absolute Gasteiger partial charge is 0.225 e. The predicted molar refractivity (Wildman–Crippen MR) is 86.7 cm³/mol. The minimum atomic E-state index is -0.255. The van der Waals surface area contributed by atoms with Crippen molar-refractivity contribution in [2.24, 2.45) is 5.92 Å². The molecule has 2 amide bonds. The van der Waals surface area contributed by atoms with Gasteiger partial charge in [-0.05, 0) is 25.3 Å². The zero-order valence-electron chi connectivity index (χ0n) is 13.5. The number of nitrogens with zero attached hydrogens (tertiary/aromatic N) is 1. The van der Waals surface area contributed by atoms with Crippen molar-refractivity contribution < 1.29 is 14.3 Å². The van der Waals surface area contributed by atoms with E-state index in [1.54, 1.807) is 0 Å². The summed E-state index contributed by atoms with van der Waals surface area (Å²) in [5, 5.41) is 2.94. The molecular weight excluding hydrogens is 292 g/mol. The van der Waals surface area contributed by atoms with Gasteiger partial charge in [0.25, 0.3) is 0 Å². The van der Waals surface area contributed by atoms with E-state index in [0.717, 1.165) is 25.0 Å². The third-order valence-corrected chi connectivity index (χ3v) is 4.81. The van der Waals surface area contributed by atoms with Crippen LogP contribution in [0.2, 0.25) is 0 Å². The molecule has 1 aromatic rings. The highest BCUT2D eigenvalue weighted by atomic mass is 16.5. The molecule has 1 aromatic carbocycles. The molecule has 23 heavy (non-hydrogen) atoms. The van der Waals surface area contributed by atoms with Crippen molar-refractivity contribution in [1.29, 1.82) is 0 Å². The van der Waals surface area contributed by atoms with Crippen molar-refractivity contribution in [3.05, 3.63) is 35.9 Å². The zero-order valence-corrected chi connectivity index (χ0v) is 13.5. The molecule has 2 aliphatic heterocycles. The Labute approximate surface area is 137 Å². The lowest BCUT2D eigenvalue weighted by molar-refractivity contribution is -0.130. The van der Waals surface area contributed by atoms with Gasteiger partial charge in [0.2, 0.25) is 11.8 Å². The Morgan fingerprint density at radius 1 is 1.39 bits per heavy atom. The van der Waals surface area contributed by atoms with Crippen LogP contribution in [-0.2, 0) is 14.3 Å². The molecule has 5 nitrogen and oxygen atoms in total. The summed E-state index contributed by atoms with van der Waals surface area (Å²) in [6.07, 6.45) is 2.50. The molecule has 2 fully saturated rings. The third kappa shape index (κ3) is 3.72. The number of hydrogen-bond acceptors (Lipinski definition) is 3. The van der Waals surface area contributed by atoms with E-state index in [0.29, 0.717) is 19.5 Å². The number of hydrogen-bond donors (Lipinski definition) is 1. The third-order valence-electron chi connectivity index (χ3n) is 4.81. The molecule has 3 atom stereocenters. The van der Waals surface area contributed by atoms with Crippen molar-refractivity contribution in [3.8, 4) is 0 Å². The fourth-order valence-electron chi connectivity index (χ4n) is 3.36. The van der Waals surface area contributed by atoms with Gasteiger partial charge in [0, 0.05) is 26.1 Å². The van der Waals surface area contributed by atoms with Crippen LogP contribution in [0.1, 0.15) is 37.8 Å². The van der Waals surface area contributed by atoms with Gasteiger partial charge in [-0.1, -0.05) is 30.3 Å². The molecule has 0 spiro atoms.